The van der Waals surface area contributed by atoms with Crippen molar-refractivity contribution in [2.45, 2.75) is 52.2 Å². The van der Waals surface area contributed by atoms with Crippen LogP contribution in [0.1, 0.15) is 38.8 Å². The van der Waals surface area contributed by atoms with Gasteiger partial charge in [-0.25, -0.2) is 4.79 Å². The predicted octanol–water partition coefficient (Wildman–Crippen LogP) is 3.62. The number of benzene rings is 1. The van der Waals surface area contributed by atoms with Gasteiger partial charge in [0, 0.05) is 48.8 Å². The SMILES string of the molecule is CCN(CC)C(=O)N[C@@H]1C=C2c3cccc4[nH]cc(c34)C[C@H]2N(C(C)C)C1. The van der Waals surface area contributed by atoms with Crippen molar-refractivity contribution < 1.29 is 4.79 Å². The van der Waals surface area contributed by atoms with Gasteiger partial charge in [-0.1, -0.05) is 18.2 Å². The number of amides is 2. The Bertz CT molecular complexity index is 878. The number of nitrogens with zero attached hydrogens (tertiary/aromatic N) is 2. The van der Waals surface area contributed by atoms with E-state index >= 15 is 0 Å². The van der Waals surface area contributed by atoms with Crippen LogP contribution in [0.3, 0.4) is 0 Å². The quantitative estimate of drug-likeness (QED) is 0.868. The molecule has 0 bridgehead atoms. The summed E-state index contributed by atoms with van der Waals surface area (Å²) in [7, 11) is 0. The molecule has 0 fully saturated rings. The molecule has 4 rings (SSSR count). The number of fused-ring (bicyclic) bond motifs is 2. The van der Waals surface area contributed by atoms with Crippen LogP contribution in [-0.2, 0) is 6.42 Å². The van der Waals surface area contributed by atoms with Crippen LogP contribution in [0, 0.1) is 0 Å². The van der Waals surface area contributed by atoms with Crippen molar-refractivity contribution in [2.24, 2.45) is 0 Å². The van der Waals surface area contributed by atoms with E-state index in [9.17, 15) is 4.79 Å². The Morgan fingerprint density at radius 2 is 2.11 bits per heavy atom. The maximum Gasteiger partial charge on any atom is 0.317 e. The highest BCUT2D eigenvalue weighted by Crippen LogP contribution is 2.40. The average Bonchev–Trinajstić information content (AvgIpc) is 3.07. The summed E-state index contributed by atoms with van der Waals surface area (Å²) in [5.41, 5.74) is 5.27. The lowest BCUT2D eigenvalue weighted by atomic mass is 9.80. The van der Waals surface area contributed by atoms with E-state index in [-0.39, 0.29) is 12.1 Å². The van der Waals surface area contributed by atoms with Crippen molar-refractivity contribution in [1.29, 1.82) is 0 Å². The fourth-order valence-corrected chi connectivity index (χ4v) is 4.69. The van der Waals surface area contributed by atoms with Crippen molar-refractivity contribution in [3.63, 3.8) is 0 Å². The Balaban J connectivity index is 1.73. The predicted molar refractivity (Wildman–Crippen MR) is 111 cm³/mol. The molecule has 0 saturated carbocycles. The van der Waals surface area contributed by atoms with Crippen LogP contribution in [0.5, 0.6) is 0 Å². The van der Waals surface area contributed by atoms with Gasteiger partial charge < -0.3 is 15.2 Å². The molecule has 2 heterocycles. The van der Waals surface area contributed by atoms with Crippen LogP contribution in [0.4, 0.5) is 4.79 Å². The van der Waals surface area contributed by atoms with Gasteiger partial charge in [-0.3, -0.25) is 4.90 Å². The minimum atomic E-state index is 0.0281. The van der Waals surface area contributed by atoms with E-state index in [2.05, 4.69) is 59.5 Å². The van der Waals surface area contributed by atoms with E-state index in [1.807, 2.05) is 18.7 Å². The van der Waals surface area contributed by atoms with Crippen LogP contribution < -0.4 is 5.32 Å². The van der Waals surface area contributed by atoms with Crippen molar-refractivity contribution >= 4 is 22.5 Å². The summed E-state index contributed by atoms with van der Waals surface area (Å²) < 4.78 is 0. The molecule has 144 valence electrons. The Labute approximate surface area is 161 Å². The number of aromatic nitrogens is 1. The second-order valence-electron chi connectivity index (χ2n) is 7.90. The van der Waals surface area contributed by atoms with E-state index in [0.29, 0.717) is 12.1 Å². The first-order chi connectivity index (χ1) is 13.0. The summed E-state index contributed by atoms with van der Waals surface area (Å²) in [5, 5.41) is 4.60. The fraction of sp³-hybridized carbons (Fsp3) is 0.500. The van der Waals surface area contributed by atoms with Crippen molar-refractivity contribution in [3.05, 3.63) is 41.6 Å². The third-order valence-electron chi connectivity index (χ3n) is 6.08. The summed E-state index contributed by atoms with van der Waals surface area (Å²) >= 11 is 0. The zero-order chi connectivity index (χ0) is 19.1. The molecule has 2 aromatic rings. The number of hydrogen-bond acceptors (Lipinski definition) is 2. The van der Waals surface area contributed by atoms with E-state index in [1.165, 1.54) is 27.6 Å². The van der Waals surface area contributed by atoms with Crippen LogP contribution in [0.2, 0.25) is 0 Å². The van der Waals surface area contributed by atoms with Gasteiger partial charge in [-0.15, -0.1) is 0 Å². The Morgan fingerprint density at radius 1 is 1.33 bits per heavy atom. The Hall–Kier alpha value is -2.27. The normalized spacial score (nSPS) is 21.9. The number of nitrogens with one attached hydrogen (secondary N) is 2. The zero-order valence-electron chi connectivity index (χ0n) is 16.7. The fourth-order valence-electron chi connectivity index (χ4n) is 4.69. The topological polar surface area (TPSA) is 51.4 Å². The van der Waals surface area contributed by atoms with Crippen LogP contribution >= 0.6 is 0 Å². The molecule has 5 heteroatoms. The number of rotatable bonds is 4. The standard InChI is InChI=1S/C22H30N4O/c1-5-25(6-2)22(27)24-16-11-18-17-8-7-9-19-21(17)15(12-23-19)10-20(18)26(13-16)14(3)4/h7-9,11-12,14,16,20,23H,5-6,10,13H2,1-4H3,(H,24,27)/t16-,20-/m1/s1. The third kappa shape index (κ3) is 3.04. The molecule has 1 aromatic heterocycles. The summed E-state index contributed by atoms with van der Waals surface area (Å²) in [5.74, 6) is 0. The van der Waals surface area contributed by atoms with Crippen molar-refractivity contribution in [2.75, 3.05) is 19.6 Å². The number of aromatic amines is 1. The first-order valence-corrected chi connectivity index (χ1v) is 10.2. The molecule has 2 N–H and O–H groups in total. The molecular weight excluding hydrogens is 336 g/mol. The maximum absolute atomic E-state index is 12.6. The number of urea groups is 1. The molecule has 0 unspecified atom stereocenters. The number of carbonyl (C=O) groups is 1. The van der Waals surface area contributed by atoms with E-state index in [4.69, 9.17) is 0 Å². The summed E-state index contributed by atoms with van der Waals surface area (Å²) in [6, 6.07) is 7.35. The van der Waals surface area contributed by atoms with Gasteiger partial charge in [0.2, 0.25) is 0 Å². The first kappa shape index (κ1) is 18.1. The highest BCUT2D eigenvalue weighted by molar-refractivity contribution is 5.98. The molecule has 0 spiro atoms. The molecule has 27 heavy (non-hydrogen) atoms. The number of carbonyl (C=O) groups excluding carboxylic acids is 1. The maximum atomic E-state index is 12.6. The highest BCUT2D eigenvalue weighted by Gasteiger charge is 2.36. The van der Waals surface area contributed by atoms with Crippen LogP contribution in [-0.4, -0.2) is 58.6 Å². The van der Waals surface area contributed by atoms with Gasteiger partial charge in [0.25, 0.3) is 0 Å². The van der Waals surface area contributed by atoms with Gasteiger partial charge in [0.15, 0.2) is 0 Å². The monoisotopic (exact) mass is 366 g/mol. The number of hydrogen-bond donors (Lipinski definition) is 2. The molecule has 2 aliphatic rings. The Morgan fingerprint density at radius 3 is 2.81 bits per heavy atom. The molecular formula is C22H30N4O. The van der Waals surface area contributed by atoms with Gasteiger partial charge >= 0.3 is 6.03 Å². The molecule has 5 nitrogen and oxygen atoms in total. The van der Waals surface area contributed by atoms with Gasteiger partial charge in [-0.2, -0.15) is 0 Å². The zero-order valence-corrected chi connectivity index (χ0v) is 16.7. The van der Waals surface area contributed by atoms with Gasteiger partial charge in [0.1, 0.15) is 0 Å². The summed E-state index contributed by atoms with van der Waals surface area (Å²) in [6.45, 7) is 10.9. The lowest BCUT2D eigenvalue weighted by molar-refractivity contribution is 0.158. The van der Waals surface area contributed by atoms with Crippen molar-refractivity contribution in [1.82, 2.24) is 20.1 Å². The van der Waals surface area contributed by atoms with Gasteiger partial charge in [0.05, 0.1) is 6.04 Å². The summed E-state index contributed by atoms with van der Waals surface area (Å²) in [4.78, 5) is 20.4. The molecule has 1 aliphatic carbocycles. The number of H-pyrrole nitrogens is 1. The molecule has 2 atom stereocenters. The third-order valence-corrected chi connectivity index (χ3v) is 6.08. The van der Waals surface area contributed by atoms with Gasteiger partial charge in [-0.05, 0) is 56.9 Å². The highest BCUT2D eigenvalue weighted by atomic mass is 16.2. The largest absolute Gasteiger partial charge is 0.361 e. The van der Waals surface area contributed by atoms with Crippen molar-refractivity contribution in [3.8, 4) is 0 Å². The van der Waals surface area contributed by atoms with E-state index in [0.717, 1.165) is 26.1 Å². The lowest BCUT2D eigenvalue weighted by Crippen LogP contribution is -2.55. The molecule has 0 saturated heterocycles. The molecule has 1 aromatic carbocycles. The second-order valence-corrected chi connectivity index (χ2v) is 7.90. The summed E-state index contributed by atoms with van der Waals surface area (Å²) in [6.07, 6.45) is 5.49. The molecule has 2 amide bonds. The van der Waals surface area contributed by atoms with E-state index < -0.39 is 0 Å². The average molecular weight is 367 g/mol. The lowest BCUT2D eigenvalue weighted by Gasteiger charge is -2.44. The van der Waals surface area contributed by atoms with E-state index in [1.54, 1.807) is 0 Å². The minimum absolute atomic E-state index is 0.0281. The minimum Gasteiger partial charge on any atom is -0.361 e. The smallest absolute Gasteiger partial charge is 0.317 e. The molecule has 0 radical (unpaired) electrons. The second kappa shape index (κ2) is 7.04. The molecule has 1 aliphatic heterocycles. The Kier molecular flexibility index (Phi) is 4.72. The first-order valence-electron chi connectivity index (χ1n) is 10.2. The van der Waals surface area contributed by atoms with Crippen LogP contribution in [0.25, 0.3) is 16.5 Å². The van der Waals surface area contributed by atoms with Crippen LogP contribution in [0.15, 0.2) is 30.5 Å².